The lowest BCUT2D eigenvalue weighted by atomic mass is 10.1. The fraction of sp³-hybridized carbons (Fsp3) is 0.400. The zero-order chi connectivity index (χ0) is 24.9. The number of nitrogens with zero attached hydrogens (tertiary/aromatic N) is 2. The first-order chi connectivity index (χ1) is 16.5. The third kappa shape index (κ3) is 7.50. The van der Waals surface area contributed by atoms with Crippen LogP contribution in [0.5, 0.6) is 0 Å². The molecular formula is C30H36N2Si2. The highest BCUT2D eigenvalue weighted by Crippen LogP contribution is 2.19. The topological polar surface area (TPSA) is 25.8 Å². The summed E-state index contributed by atoms with van der Waals surface area (Å²) in [4.78, 5) is 8.98. The maximum absolute atomic E-state index is 4.49. The van der Waals surface area contributed by atoms with E-state index in [-0.39, 0.29) is 0 Å². The number of rotatable bonds is 7. The van der Waals surface area contributed by atoms with Crippen molar-refractivity contribution in [1.82, 2.24) is 9.97 Å². The molecule has 0 N–H and O–H groups in total. The molecule has 0 aromatic carbocycles. The summed E-state index contributed by atoms with van der Waals surface area (Å²) in [5, 5.41) is 0. The molecule has 4 heteroatoms. The fourth-order valence-corrected chi connectivity index (χ4v) is 8.58. The molecule has 0 amide bonds. The van der Waals surface area contributed by atoms with Crippen LogP contribution in [0.3, 0.4) is 0 Å². The second-order valence-electron chi connectivity index (χ2n) is 8.54. The third-order valence-electron chi connectivity index (χ3n) is 7.04. The lowest BCUT2D eigenvalue weighted by Crippen LogP contribution is -2.29. The number of aromatic nitrogens is 2. The average molecular weight is 481 g/mol. The Bertz CT molecular complexity index is 1090. The minimum atomic E-state index is -1.46. The van der Waals surface area contributed by atoms with Crippen LogP contribution in [0.2, 0.25) is 36.3 Å². The molecule has 0 aliphatic carbocycles. The van der Waals surface area contributed by atoms with Gasteiger partial charge in [-0.3, -0.25) is 9.97 Å². The van der Waals surface area contributed by atoms with E-state index in [2.05, 4.69) is 98.1 Å². The summed E-state index contributed by atoms with van der Waals surface area (Å²) in [6.45, 7) is 13.5. The largest absolute Gasteiger partial charge is 0.255 e. The van der Waals surface area contributed by atoms with Gasteiger partial charge in [-0.1, -0.05) is 53.4 Å². The van der Waals surface area contributed by atoms with Crippen molar-refractivity contribution in [3.63, 3.8) is 0 Å². The molecule has 0 bridgehead atoms. The van der Waals surface area contributed by atoms with E-state index >= 15 is 0 Å². The summed E-state index contributed by atoms with van der Waals surface area (Å²) < 4.78 is 0. The Kier molecular flexibility index (Phi) is 10.9. The van der Waals surface area contributed by atoms with Gasteiger partial charge in [0.25, 0.3) is 0 Å². The van der Waals surface area contributed by atoms with Crippen LogP contribution in [0.4, 0.5) is 0 Å². The summed E-state index contributed by atoms with van der Waals surface area (Å²) in [5.74, 6) is 18.7. The number of hydrogen-bond donors (Lipinski definition) is 0. The van der Waals surface area contributed by atoms with E-state index < -0.39 is 16.1 Å². The van der Waals surface area contributed by atoms with Crippen molar-refractivity contribution in [3.8, 4) is 58.0 Å². The molecule has 2 aromatic heterocycles. The highest BCUT2D eigenvalue weighted by atomic mass is 28.3. The van der Waals surface area contributed by atoms with E-state index in [1.807, 2.05) is 24.3 Å². The van der Waals surface area contributed by atoms with Crippen LogP contribution in [0.15, 0.2) is 36.7 Å². The van der Waals surface area contributed by atoms with Crippen LogP contribution in [0.25, 0.3) is 11.4 Å². The highest BCUT2D eigenvalue weighted by Gasteiger charge is 2.24. The van der Waals surface area contributed by atoms with Crippen molar-refractivity contribution >= 4 is 16.1 Å². The summed E-state index contributed by atoms with van der Waals surface area (Å²) >= 11 is 0. The summed E-state index contributed by atoms with van der Waals surface area (Å²) in [6, 6.07) is 14.8. The van der Waals surface area contributed by atoms with Crippen molar-refractivity contribution in [2.75, 3.05) is 0 Å². The maximum Gasteiger partial charge on any atom is 0.139 e. The molecule has 0 spiro atoms. The summed E-state index contributed by atoms with van der Waals surface area (Å²) in [7, 11) is -2.93. The molecule has 2 heterocycles. The smallest absolute Gasteiger partial charge is 0.139 e. The van der Waals surface area contributed by atoms with Crippen molar-refractivity contribution in [1.29, 1.82) is 0 Å². The lowest BCUT2D eigenvalue weighted by molar-refractivity contribution is 1.20. The van der Waals surface area contributed by atoms with E-state index in [9.17, 15) is 0 Å². The number of hydrogen-bond acceptors (Lipinski definition) is 2. The first kappa shape index (κ1) is 27.2. The molecule has 0 atom stereocenters. The van der Waals surface area contributed by atoms with Crippen molar-refractivity contribution in [3.05, 3.63) is 47.8 Å². The predicted molar refractivity (Wildman–Crippen MR) is 151 cm³/mol. The third-order valence-corrected chi connectivity index (χ3v) is 16.5. The minimum Gasteiger partial charge on any atom is -0.255 e. The van der Waals surface area contributed by atoms with Gasteiger partial charge in [-0.15, -0.1) is 11.1 Å². The Labute approximate surface area is 209 Å². The molecule has 2 aromatic rings. The molecule has 0 radical (unpaired) electrons. The zero-order valence-electron chi connectivity index (χ0n) is 21.6. The molecule has 2 nitrogen and oxygen atoms in total. The molecular weight excluding hydrogens is 445 g/mol. The normalized spacial score (nSPS) is 10.4. The van der Waals surface area contributed by atoms with E-state index in [0.717, 1.165) is 22.5 Å². The van der Waals surface area contributed by atoms with Crippen molar-refractivity contribution < 1.29 is 0 Å². The monoisotopic (exact) mass is 480 g/mol. The van der Waals surface area contributed by atoms with E-state index in [0.29, 0.717) is 0 Å². The zero-order valence-corrected chi connectivity index (χ0v) is 23.6. The van der Waals surface area contributed by atoms with Crippen LogP contribution in [0.1, 0.15) is 52.7 Å². The minimum absolute atomic E-state index is 0.781. The number of pyridine rings is 2. The van der Waals surface area contributed by atoms with Gasteiger partial charge in [-0.25, -0.2) is 0 Å². The van der Waals surface area contributed by atoms with Crippen molar-refractivity contribution in [2.24, 2.45) is 0 Å². The molecule has 2 rings (SSSR count). The fourth-order valence-electron chi connectivity index (χ4n) is 3.86. The molecule has 174 valence electrons. The Morgan fingerprint density at radius 3 is 1.24 bits per heavy atom. The van der Waals surface area contributed by atoms with Gasteiger partial charge in [0.05, 0.1) is 11.4 Å². The van der Waals surface area contributed by atoms with Crippen LogP contribution in [0, 0.1) is 46.6 Å². The van der Waals surface area contributed by atoms with E-state index in [1.165, 1.54) is 36.3 Å². The van der Waals surface area contributed by atoms with Gasteiger partial charge < -0.3 is 0 Å². The molecule has 0 fully saturated rings. The van der Waals surface area contributed by atoms with Crippen LogP contribution in [-0.4, -0.2) is 26.1 Å². The second kappa shape index (κ2) is 13.6. The van der Waals surface area contributed by atoms with Gasteiger partial charge in [0.1, 0.15) is 16.1 Å². The molecule has 0 unspecified atom stereocenters. The molecule has 0 aliphatic rings. The van der Waals surface area contributed by atoms with Crippen LogP contribution >= 0.6 is 0 Å². The second-order valence-corrected chi connectivity index (χ2v) is 18.4. The van der Waals surface area contributed by atoms with Gasteiger partial charge in [-0.2, -0.15) is 0 Å². The Morgan fingerprint density at radius 2 is 0.912 bits per heavy atom. The van der Waals surface area contributed by atoms with Crippen molar-refractivity contribution in [2.45, 2.75) is 77.8 Å². The van der Waals surface area contributed by atoms with Gasteiger partial charge in [0, 0.05) is 23.5 Å². The van der Waals surface area contributed by atoms with E-state index in [1.54, 1.807) is 12.4 Å². The SMILES string of the molecule is CC[Si](C#CC#Cc1ccnc(-c2cc(C#CC#C[Si](CC)(CC)CC)ccn2)c1)(CC)CC. The Hall–Kier alpha value is -3.03. The lowest BCUT2D eigenvalue weighted by Gasteiger charge is -2.19. The van der Waals surface area contributed by atoms with Gasteiger partial charge >= 0.3 is 0 Å². The Balaban J connectivity index is 2.24. The first-order valence-electron chi connectivity index (χ1n) is 12.5. The van der Waals surface area contributed by atoms with Gasteiger partial charge in [0.2, 0.25) is 0 Å². The van der Waals surface area contributed by atoms with Crippen LogP contribution in [-0.2, 0) is 0 Å². The maximum atomic E-state index is 4.49. The van der Waals surface area contributed by atoms with Gasteiger partial charge in [-0.05, 0) is 84.2 Å². The van der Waals surface area contributed by atoms with E-state index in [4.69, 9.17) is 0 Å². The molecule has 34 heavy (non-hydrogen) atoms. The Morgan fingerprint density at radius 1 is 0.559 bits per heavy atom. The van der Waals surface area contributed by atoms with Gasteiger partial charge in [0.15, 0.2) is 0 Å². The predicted octanol–water partition coefficient (Wildman–Crippen LogP) is 6.95. The van der Waals surface area contributed by atoms with Crippen LogP contribution < -0.4 is 0 Å². The highest BCUT2D eigenvalue weighted by molar-refractivity contribution is 6.87. The molecule has 0 saturated heterocycles. The molecule has 0 aliphatic heterocycles. The average Bonchev–Trinajstić information content (AvgIpc) is 2.90. The summed E-state index contributed by atoms with van der Waals surface area (Å²) in [5.41, 5.74) is 10.4. The standard InChI is InChI=1S/C30H36N2Si2/c1-7-33(8-2,9-3)23-15-13-17-27-19-21-31-29(25-27)30-26-28(20-22-32-30)18-14-16-24-34(10-4,11-5)12-6/h19-22,25-26H,7-12H2,1-6H3. The summed E-state index contributed by atoms with van der Waals surface area (Å²) in [6.07, 6.45) is 3.54. The quantitative estimate of drug-likeness (QED) is 0.316. The molecule has 0 saturated carbocycles. The first-order valence-corrected chi connectivity index (χ1v) is 17.7.